The third kappa shape index (κ3) is 2.57. The number of carbonyl (C=O) groups is 1. The number of methoxy groups -OCH3 is 1. The molecule has 3 rings (SSSR count). The molecule has 1 N–H and O–H groups in total. The maximum atomic E-state index is 12.4. The lowest BCUT2D eigenvalue weighted by Crippen LogP contribution is -1.95. The van der Waals surface area contributed by atoms with Crippen molar-refractivity contribution in [2.75, 3.05) is 7.11 Å². The molecule has 0 spiro atoms. The third-order valence-electron chi connectivity index (χ3n) is 3.13. The minimum Gasteiger partial charge on any atom is -0.503 e. The molecule has 2 heterocycles. The van der Waals surface area contributed by atoms with Gasteiger partial charge in [0.15, 0.2) is 11.5 Å². The first-order valence-electron chi connectivity index (χ1n) is 6.17. The predicted molar refractivity (Wildman–Crippen MR) is 92.5 cm³/mol. The topological polar surface area (TPSA) is 59.4 Å². The van der Waals surface area contributed by atoms with Crippen LogP contribution in [0.25, 0.3) is 6.08 Å². The number of pyridine rings is 1. The van der Waals surface area contributed by atoms with E-state index in [2.05, 4.69) is 36.8 Å². The summed E-state index contributed by atoms with van der Waals surface area (Å²) >= 11 is 8.05. The van der Waals surface area contributed by atoms with Gasteiger partial charge < -0.3 is 9.84 Å². The van der Waals surface area contributed by atoms with E-state index in [1.807, 2.05) is 0 Å². The molecule has 7 heteroatoms. The van der Waals surface area contributed by atoms with E-state index in [0.29, 0.717) is 30.2 Å². The van der Waals surface area contributed by atoms with Gasteiger partial charge in [-0.1, -0.05) is 11.8 Å². The molecule has 22 heavy (non-hydrogen) atoms. The van der Waals surface area contributed by atoms with Crippen LogP contribution in [0.15, 0.2) is 43.3 Å². The lowest BCUT2D eigenvalue weighted by Gasteiger charge is -2.10. The molecular weight excluding hydrogens is 434 g/mol. The molecule has 0 saturated carbocycles. The first-order chi connectivity index (χ1) is 10.5. The summed E-state index contributed by atoms with van der Waals surface area (Å²) in [6.07, 6.45) is 3.42. The molecule has 4 nitrogen and oxygen atoms in total. The number of phenolic OH excluding ortho intramolecular Hbond substituents is 1. The van der Waals surface area contributed by atoms with Crippen LogP contribution in [0.2, 0.25) is 0 Å². The van der Waals surface area contributed by atoms with Gasteiger partial charge in [0.1, 0.15) is 5.03 Å². The van der Waals surface area contributed by atoms with Gasteiger partial charge in [-0.15, -0.1) is 0 Å². The maximum absolute atomic E-state index is 12.4. The molecule has 0 atom stereocenters. The highest BCUT2D eigenvalue weighted by Gasteiger charge is 2.27. The maximum Gasteiger partial charge on any atom is 0.202 e. The Balaban J connectivity index is 2.08. The number of hydrogen-bond acceptors (Lipinski definition) is 5. The van der Waals surface area contributed by atoms with Crippen LogP contribution in [-0.4, -0.2) is 23.0 Å². The van der Waals surface area contributed by atoms with Crippen molar-refractivity contribution >= 4 is 55.5 Å². The molecule has 0 saturated heterocycles. The van der Waals surface area contributed by atoms with Crippen LogP contribution in [0.3, 0.4) is 0 Å². The normalized spacial score (nSPS) is 15.2. The van der Waals surface area contributed by atoms with Crippen molar-refractivity contribution in [2.24, 2.45) is 0 Å². The van der Waals surface area contributed by atoms with Gasteiger partial charge in [0.2, 0.25) is 5.78 Å². The van der Waals surface area contributed by atoms with Crippen LogP contribution in [-0.2, 0) is 0 Å². The van der Waals surface area contributed by atoms with E-state index in [-0.39, 0.29) is 11.5 Å². The first-order valence-corrected chi connectivity index (χ1v) is 8.57. The van der Waals surface area contributed by atoms with E-state index in [1.165, 1.54) is 18.9 Å². The summed E-state index contributed by atoms with van der Waals surface area (Å²) in [6.45, 7) is 0. The number of Topliss-reactive ketones (excluding diaryl/α,β-unsaturated/α-hetero) is 1. The molecule has 0 aliphatic carbocycles. The fraction of sp³-hybridized carbons (Fsp3) is 0.0667. The van der Waals surface area contributed by atoms with Crippen molar-refractivity contribution in [3.8, 4) is 11.5 Å². The largest absolute Gasteiger partial charge is 0.503 e. The molecule has 2 aromatic rings. The summed E-state index contributed by atoms with van der Waals surface area (Å²) < 4.78 is 6.27. The summed E-state index contributed by atoms with van der Waals surface area (Å²) in [4.78, 5) is 17.2. The number of benzene rings is 1. The molecule has 1 aromatic carbocycles. The van der Waals surface area contributed by atoms with Gasteiger partial charge in [-0.2, -0.15) is 0 Å². The van der Waals surface area contributed by atoms with E-state index < -0.39 is 0 Å². The van der Waals surface area contributed by atoms with E-state index in [9.17, 15) is 9.90 Å². The summed E-state index contributed by atoms with van der Waals surface area (Å²) in [5.74, 6) is 0.281. The lowest BCUT2D eigenvalue weighted by molar-refractivity contribution is 0.104. The standard InChI is InChI=1S/C15H9Br2NO3S/c1-21-9-5-7(11(16)12(17)14(9)20)6-10-13(19)8-3-2-4-18-15(8)22-10/h2-6,20H,1H3/b10-6-. The fourth-order valence-corrected chi connectivity index (χ4v) is 3.86. The average Bonchev–Trinajstić information content (AvgIpc) is 2.84. The second-order valence-corrected chi connectivity index (χ2v) is 7.06. The van der Waals surface area contributed by atoms with E-state index >= 15 is 0 Å². The highest BCUT2D eigenvalue weighted by Crippen LogP contribution is 2.45. The van der Waals surface area contributed by atoms with Crippen LogP contribution in [0.1, 0.15) is 15.9 Å². The summed E-state index contributed by atoms with van der Waals surface area (Å²) in [6, 6.07) is 5.18. The van der Waals surface area contributed by atoms with Crippen molar-refractivity contribution in [1.82, 2.24) is 4.98 Å². The van der Waals surface area contributed by atoms with Crippen LogP contribution >= 0.6 is 43.6 Å². The second-order valence-electron chi connectivity index (χ2n) is 4.44. The Morgan fingerprint density at radius 3 is 2.82 bits per heavy atom. The van der Waals surface area contributed by atoms with Crippen molar-refractivity contribution in [1.29, 1.82) is 0 Å². The highest BCUT2D eigenvalue weighted by molar-refractivity contribution is 9.13. The second kappa shape index (κ2) is 6.06. The Morgan fingerprint density at radius 2 is 2.14 bits per heavy atom. The number of fused-ring (bicyclic) bond motifs is 1. The van der Waals surface area contributed by atoms with E-state index in [4.69, 9.17) is 4.74 Å². The molecule has 0 unspecified atom stereocenters. The number of nitrogens with zero attached hydrogens (tertiary/aromatic N) is 1. The van der Waals surface area contributed by atoms with Crippen molar-refractivity contribution in [3.63, 3.8) is 0 Å². The van der Waals surface area contributed by atoms with Crippen LogP contribution in [0.5, 0.6) is 11.5 Å². The summed E-state index contributed by atoms with van der Waals surface area (Å²) in [5, 5.41) is 10.7. The Bertz CT molecular complexity index is 821. The number of thioether (sulfide) groups is 1. The number of aromatic hydroxyl groups is 1. The SMILES string of the molecule is COc1cc(/C=C2\Sc3ncccc3C2=O)c(Br)c(Br)c1O. The number of hydrogen-bond donors (Lipinski definition) is 1. The van der Waals surface area contributed by atoms with Gasteiger partial charge >= 0.3 is 0 Å². The summed E-state index contributed by atoms with van der Waals surface area (Å²) in [7, 11) is 1.47. The summed E-state index contributed by atoms with van der Waals surface area (Å²) in [5.41, 5.74) is 1.34. The first kappa shape index (κ1) is 15.6. The van der Waals surface area contributed by atoms with Crippen molar-refractivity contribution in [3.05, 3.63) is 49.4 Å². The smallest absolute Gasteiger partial charge is 0.202 e. The number of halogens is 2. The zero-order valence-electron chi connectivity index (χ0n) is 11.3. The van der Waals surface area contributed by atoms with Crippen molar-refractivity contribution in [2.45, 2.75) is 5.03 Å². The van der Waals surface area contributed by atoms with Crippen LogP contribution < -0.4 is 4.74 Å². The number of ketones is 1. The minimum atomic E-state index is -0.0526. The lowest BCUT2D eigenvalue weighted by atomic mass is 10.1. The Labute approximate surface area is 147 Å². The zero-order chi connectivity index (χ0) is 15.9. The average molecular weight is 443 g/mol. The minimum absolute atomic E-state index is 0.00637. The number of allylic oxidation sites excluding steroid dienone is 1. The third-order valence-corrected chi connectivity index (χ3v) is 6.33. The van der Waals surface area contributed by atoms with Crippen molar-refractivity contribution < 1.29 is 14.6 Å². The quantitative estimate of drug-likeness (QED) is 0.686. The van der Waals surface area contributed by atoms with E-state index in [0.717, 1.165) is 5.56 Å². The number of phenols is 1. The Kier molecular flexibility index (Phi) is 4.29. The van der Waals surface area contributed by atoms with Gasteiger partial charge in [0.25, 0.3) is 0 Å². The number of aromatic nitrogens is 1. The molecule has 1 aliphatic heterocycles. The number of carbonyl (C=O) groups excluding carboxylic acids is 1. The Hall–Kier alpha value is -1.31. The molecule has 112 valence electrons. The van der Waals surface area contributed by atoms with Crippen LogP contribution in [0, 0.1) is 0 Å². The number of rotatable bonds is 2. The van der Waals surface area contributed by atoms with Gasteiger partial charge in [0.05, 0.1) is 22.1 Å². The van der Waals surface area contributed by atoms with Gasteiger partial charge in [-0.05, 0) is 61.7 Å². The zero-order valence-corrected chi connectivity index (χ0v) is 15.3. The number of ether oxygens (including phenoxy) is 1. The molecule has 1 aliphatic rings. The fourth-order valence-electron chi connectivity index (χ4n) is 2.04. The van der Waals surface area contributed by atoms with Crippen LogP contribution in [0.4, 0.5) is 0 Å². The molecule has 1 aromatic heterocycles. The predicted octanol–water partition coefficient (Wildman–Crippen LogP) is 4.65. The monoisotopic (exact) mass is 441 g/mol. The molecule has 0 fully saturated rings. The van der Waals surface area contributed by atoms with Gasteiger partial charge in [-0.25, -0.2) is 4.98 Å². The molecule has 0 amide bonds. The van der Waals surface area contributed by atoms with Gasteiger partial charge in [-0.3, -0.25) is 4.79 Å². The van der Waals surface area contributed by atoms with Gasteiger partial charge in [0, 0.05) is 10.7 Å². The highest BCUT2D eigenvalue weighted by atomic mass is 79.9. The molecule has 0 radical (unpaired) electrons. The molecular formula is C15H9Br2NO3S. The molecule has 0 bridgehead atoms. The van der Waals surface area contributed by atoms with E-state index in [1.54, 1.807) is 30.5 Å². The Morgan fingerprint density at radius 1 is 1.36 bits per heavy atom.